The van der Waals surface area contributed by atoms with E-state index in [0.717, 1.165) is 16.5 Å². The second kappa shape index (κ2) is 12.6. The SMILES string of the molecule is CNC(=O)CCCC#Cc1ccc(OC(C)C)c(C(=O)N[C@@H](CO)Cc2c[nH]c3ccccc23)c1. The van der Waals surface area contributed by atoms with Crippen molar-refractivity contribution in [3.63, 3.8) is 0 Å². The molecule has 2 aromatic carbocycles. The Morgan fingerprint density at radius 3 is 2.71 bits per heavy atom. The summed E-state index contributed by atoms with van der Waals surface area (Å²) < 4.78 is 5.86. The number of amides is 2. The number of carbonyl (C=O) groups is 2. The molecule has 0 aliphatic heterocycles. The molecule has 0 aliphatic carbocycles. The summed E-state index contributed by atoms with van der Waals surface area (Å²) in [6.07, 6.45) is 3.96. The molecule has 0 saturated carbocycles. The number of rotatable bonds is 10. The van der Waals surface area contributed by atoms with Gasteiger partial charge in [-0.05, 0) is 56.5 Å². The summed E-state index contributed by atoms with van der Waals surface area (Å²) in [7, 11) is 1.61. The van der Waals surface area contributed by atoms with Gasteiger partial charge in [0.05, 0.1) is 24.3 Å². The summed E-state index contributed by atoms with van der Waals surface area (Å²) in [5.41, 5.74) is 3.09. The molecule has 2 amide bonds. The second-order valence-electron chi connectivity index (χ2n) is 8.62. The third-order valence-electron chi connectivity index (χ3n) is 5.50. The minimum Gasteiger partial charge on any atom is -0.490 e. The smallest absolute Gasteiger partial charge is 0.255 e. The second-order valence-corrected chi connectivity index (χ2v) is 8.62. The highest BCUT2D eigenvalue weighted by molar-refractivity contribution is 5.97. The fraction of sp³-hybridized carbons (Fsp3) is 0.357. The Labute approximate surface area is 206 Å². The normalized spacial score (nSPS) is 11.6. The largest absolute Gasteiger partial charge is 0.490 e. The van der Waals surface area contributed by atoms with Crippen LogP contribution < -0.4 is 15.4 Å². The Hall–Kier alpha value is -3.76. The van der Waals surface area contributed by atoms with Crippen LogP contribution in [0.4, 0.5) is 0 Å². The maximum atomic E-state index is 13.2. The topological polar surface area (TPSA) is 103 Å². The number of hydrogen-bond donors (Lipinski definition) is 4. The zero-order valence-electron chi connectivity index (χ0n) is 20.5. The van der Waals surface area contributed by atoms with E-state index in [1.807, 2.05) is 50.4 Å². The van der Waals surface area contributed by atoms with Crippen molar-refractivity contribution in [2.75, 3.05) is 13.7 Å². The van der Waals surface area contributed by atoms with Gasteiger partial charge in [0.15, 0.2) is 0 Å². The number of fused-ring (bicyclic) bond motifs is 1. The van der Waals surface area contributed by atoms with Crippen LogP contribution in [0, 0.1) is 11.8 Å². The van der Waals surface area contributed by atoms with Gasteiger partial charge in [-0.15, -0.1) is 0 Å². The maximum absolute atomic E-state index is 13.2. The van der Waals surface area contributed by atoms with Gasteiger partial charge in [-0.2, -0.15) is 0 Å². The number of aromatic nitrogens is 1. The van der Waals surface area contributed by atoms with Gasteiger partial charge in [0.25, 0.3) is 5.91 Å². The third-order valence-corrected chi connectivity index (χ3v) is 5.50. The molecule has 0 bridgehead atoms. The Balaban J connectivity index is 1.75. The van der Waals surface area contributed by atoms with E-state index >= 15 is 0 Å². The molecule has 1 aromatic heterocycles. The van der Waals surface area contributed by atoms with Crippen LogP contribution in [0.1, 0.15) is 54.6 Å². The summed E-state index contributed by atoms with van der Waals surface area (Å²) in [5.74, 6) is 6.25. The molecule has 3 aromatic rings. The van der Waals surface area contributed by atoms with Gasteiger partial charge in [-0.1, -0.05) is 30.0 Å². The molecular weight excluding hydrogens is 442 g/mol. The van der Waals surface area contributed by atoms with Crippen LogP contribution in [0.5, 0.6) is 5.75 Å². The molecule has 1 atom stereocenters. The van der Waals surface area contributed by atoms with E-state index in [4.69, 9.17) is 4.74 Å². The number of para-hydroxylation sites is 1. The molecule has 184 valence electrons. The van der Waals surface area contributed by atoms with Crippen LogP contribution in [-0.4, -0.2) is 47.7 Å². The van der Waals surface area contributed by atoms with Crippen molar-refractivity contribution in [3.8, 4) is 17.6 Å². The molecule has 1 heterocycles. The number of aromatic amines is 1. The number of carbonyl (C=O) groups excluding carboxylic acids is 2. The fourth-order valence-corrected chi connectivity index (χ4v) is 3.76. The monoisotopic (exact) mass is 475 g/mol. The molecule has 0 unspecified atom stereocenters. The van der Waals surface area contributed by atoms with Gasteiger partial charge >= 0.3 is 0 Å². The summed E-state index contributed by atoms with van der Waals surface area (Å²) in [6, 6.07) is 12.7. The predicted molar refractivity (Wildman–Crippen MR) is 137 cm³/mol. The van der Waals surface area contributed by atoms with E-state index in [9.17, 15) is 14.7 Å². The van der Waals surface area contributed by atoms with E-state index < -0.39 is 6.04 Å². The highest BCUT2D eigenvalue weighted by Crippen LogP contribution is 2.23. The highest BCUT2D eigenvalue weighted by Gasteiger charge is 2.19. The number of ether oxygens (including phenoxy) is 1. The van der Waals surface area contributed by atoms with Crippen molar-refractivity contribution in [1.29, 1.82) is 0 Å². The van der Waals surface area contributed by atoms with E-state index in [1.165, 1.54) is 0 Å². The fourth-order valence-electron chi connectivity index (χ4n) is 3.76. The van der Waals surface area contributed by atoms with Crippen LogP contribution in [0.2, 0.25) is 0 Å². The van der Waals surface area contributed by atoms with Crippen molar-refractivity contribution in [2.24, 2.45) is 0 Å². The molecule has 0 aliphatic rings. The van der Waals surface area contributed by atoms with Crippen LogP contribution in [0.15, 0.2) is 48.7 Å². The lowest BCUT2D eigenvalue weighted by molar-refractivity contribution is -0.120. The lowest BCUT2D eigenvalue weighted by Crippen LogP contribution is -2.39. The first-order valence-electron chi connectivity index (χ1n) is 11.9. The quantitative estimate of drug-likeness (QED) is 0.266. The Morgan fingerprint density at radius 2 is 1.97 bits per heavy atom. The first-order chi connectivity index (χ1) is 16.9. The van der Waals surface area contributed by atoms with Gasteiger partial charge in [0.1, 0.15) is 5.75 Å². The first kappa shape index (κ1) is 25.9. The lowest BCUT2D eigenvalue weighted by Gasteiger charge is -2.19. The van der Waals surface area contributed by atoms with E-state index in [2.05, 4.69) is 27.5 Å². The van der Waals surface area contributed by atoms with Gasteiger partial charge in [0.2, 0.25) is 5.91 Å². The molecule has 0 saturated heterocycles. The van der Waals surface area contributed by atoms with Crippen LogP contribution in [0.3, 0.4) is 0 Å². The number of hydrogen-bond acceptors (Lipinski definition) is 4. The van der Waals surface area contributed by atoms with Crippen molar-refractivity contribution in [1.82, 2.24) is 15.6 Å². The summed E-state index contributed by atoms with van der Waals surface area (Å²) in [6.45, 7) is 3.60. The molecule has 0 spiro atoms. The van der Waals surface area contributed by atoms with Gasteiger partial charge in [-0.3, -0.25) is 9.59 Å². The number of H-pyrrole nitrogens is 1. The summed E-state index contributed by atoms with van der Waals surface area (Å²) >= 11 is 0. The number of benzene rings is 2. The summed E-state index contributed by atoms with van der Waals surface area (Å²) in [4.78, 5) is 27.8. The van der Waals surface area contributed by atoms with Crippen LogP contribution >= 0.6 is 0 Å². The molecule has 0 radical (unpaired) electrons. The molecule has 35 heavy (non-hydrogen) atoms. The van der Waals surface area contributed by atoms with Crippen LogP contribution in [0.25, 0.3) is 10.9 Å². The number of aliphatic hydroxyl groups excluding tert-OH is 1. The van der Waals surface area contributed by atoms with E-state index in [0.29, 0.717) is 42.6 Å². The third kappa shape index (κ3) is 7.36. The average Bonchev–Trinajstić information content (AvgIpc) is 3.26. The van der Waals surface area contributed by atoms with Crippen molar-refractivity contribution in [3.05, 3.63) is 65.4 Å². The van der Waals surface area contributed by atoms with Gasteiger partial charge in [-0.25, -0.2) is 0 Å². The van der Waals surface area contributed by atoms with E-state index in [-0.39, 0.29) is 24.5 Å². The zero-order valence-corrected chi connectivity index (χ0v) is 20.5. The van der Waals surface area contributed by atoms with Crippen molar-refractivity contribution >= 4 is 22.7 Å². The predicted octanol–water partition coefficient (Wildman–Crippen LogP) is 3.56. The molecule has 3 rings (SSSR count). The number of nitrogens with one attached hydrogen (secondary N) is 3. The van der Waals surface area contributed by atoms with Crippen LogP contribution in [-0.2, 0) is 11.2 Å². The van der Waals surface area contributed by atoms with Gasteiger partial charge < -0.3 is 25.5 Å². The molecule has 0 fully saturated rings. The molecular formula is C28H33N3O4. The van der Waals surface area contributed by atoms with Gasteiger partial charge in [0, 0.05) is 42.6 Å². The van der Waals surface area contributed by atoms with E-state index in [1.54, 1.807) is 19.2 Å². The minimum absolute atomic E-state index is 0.00739. The highest BCUT2D eigenvalue weighted by atomic mass is 16.5. The van der Waals surface area contributed by atoms with Crippen molar-refractivity contribution < 1.29 is 19.4 Å². The number of unbranched alkanes of at least 4 members (excludes halogenated alkanes) is 1. The number of aliphatic hydroxyl groups is 1. The Bertz CT molecular complexity index is 1220. The molecule has 7 heteroatoms. The van der Waals surface area contributed by atoms with Crippen molar-refractivity contribution in [2.45, 2.75) is 51.7 Å². The average molecular weight is 476 g/mol. The molecule has 7 nitrogen and oxygen atoms in total. The standard InChI is InChI=1S/C28H33N3O4/c1-19(2)35-26-14-13-20(9-5-4-6-12-27(33)29-3)15-24(26)28(34)31-22(18-32)16-21-17-30-25-11-8-7-10-23(21)25/h7-8,10-11,13-15,17,19,22,30,32H,4,6,12,16,18H2,1-3H3,(H,29,33)(H,31,34)/t22-/m1/s1. The Morgan fingerprint density at radius 1 is 1.17 bits per heavy atom. The first-order valence-corrected chi connectivity index (χ1v) is 11.9. The lowest BCUT2D eigenvalue weighted by atomic mass is 10.0. The minimum atomic E-state index is -0.465. The Kier molecular flexibility index (Phi) is 9.33. The maximum Gasteiger partial charge on any atom is 0.255 e. The molecule has 4 N–H and O–H groups in total. The summed E-state index contributed by atoms with van der Waals surface area (Å²) in [5, 5.41) is 16.6. The zero-order chi connectivity index (χ0) is 25.2.